The Balaban J connectivity index is 1.46. The monoisotopic (exact) mass is 405 g/mol. The summed E-state index contributed by atoms with van der Waals surface area (Å²) in [6.07, 6.45) is 0.465. The number of nitrogens with one attached hydrogen (secondary N) is 1. The van der Waals surface area contributed by atoms with Gasteiger partial charge in [0, 0.05) is 17.4 Å². The average Bonchev–Trinajstić information content (AvgIpc) is 3.23. The van der Waals surface area contributed by atoms with Crippen molar-refractivity contribution in [1.29, 1.82) is 0 Å². The third-order valence-electron chi connectivity index (χ3n) is 3.27. The Bertz CT molecular complexity index is 842. The number of aromatic nitrogens is 2. The van der Waals surface area contributed by atoms with Crippen LogP contribution in [0.5, 0.6) is 5.75 Å². The van der Waals surface area contributed by atoms with Crippen LogP contribution < -0.4 is 10.1 Å². The zero-order chi connectivity index (χ0) is 17.6. The number of aryl methyl sites for hydroxylation is 1. The second kappa shape index (κ2) is 7.98. The molecule has 0 spiro atoms. The summed E-state index contributed by atoms with van der Waals surface area (Å²) in [6, 6.07) is 10.8. The van der Waals surface area contributed by atoms with Crippen molar-refractivity contribution in [1.82, 2.24) is 15.5 Å². The van der Waals surface area contributed by atoms with Crippen molar-refractivity contribution >= 4 is 21.8 Å². The zero-order valence-corrected chi connectivity index (χ0v) is 15.1. The zero-order valence-electron chi connectivity index (χ0n) is 13.5. The summed E-state index contributed by atoms with van der Waals surface area (Å²) in [6.45, 7) is 2.37. The first-order valence-electron chi connectivity index (χ1n) is 7.64. The van der Waals surface area contributed by atoms with Crippen LogP contribution >= 0.6 is 15.9 Å². The number of carbonyl (C=O) groups excluding carboxylic acids is 1. The molecule has 0 bridgehead atoms. The van der Waals surface area contributed by atoms with E-state index in [-0.39, 0.29) is 18.3 Å². The molecule has 1 aromatic carbocycles. The molecule has 1 amide bonds. The Morgan fingerprint density at radius 1 is 1.24 bits per heavy atom. The number of nitrogens with zero attached hydrogens (tertiary/aromatic N) is 2. The fraction of sp³-hybridized carbons (Fsp3) is 0.235. The molecule has 130 valence electrons. The highest BCUT2D eigenvalue weighted by atomic mass is 79.9. The molecule has 0 saturated heterocycles. The van der Waals surface area contributed by atoms with E-state index >= 15 is 0 Å². The van der Waals surface area contributed by atoms with Gasteiger partial charge in [-0.1, -0.05) is 21.1 Å². The van der Waals surface area contributed by atoms with Gasteiger partial charge in [-0.3, -0.25) is 4.79 Å². The van der Waals surface area contributed by atoms with E-state index in [0.29, 0.717) is 30.4 Å². The highest BCUT2D eigenvalue weighted by Gasteiger charge is 2.12. The number of hydrogen-bond acceptors (Lipinski definition) is 6. The van der Waals surface area contributed by atoms with Crippen molar-refractivity contribution in [3.63, 3.8) is 0 Å². The van der Waals surface area contributed by atoms with Crippen LogP contribution in [0.4, 0.5) is 0 Å². The third-order valence-corrected chi connectivity index (χ3v) is 3.80. The largest absolute Gasteiger partial charge is 0.486 e. The van der Waals surface area contributed by atoms with Crippen LogP contribution in [0.15, 0.2) is 49.8 Å². The quantitative estimate of drug-likeness (QED) is 0.648. The van der Waals surface area contributed by atoms with Crippen molar-refractivity contribution in [2.24, 2.45) is 0 Å². The Morgan fingerprint density at radius 2 is 2.04 bits per heavy atom. The van der Waals surface area contributed by atoms with Gasteiger partial charge in [0.2, 0.25) is 5.89 Å². The number of ether oxygens (including phenoxy) is 1. The summed E-state index contributed by atoms with van der Waals surface area (Å²) in [5.74, 6) is 2.28. The molecule has 8 heteroatoms. The van der Waals surface area contributed by atoms with Gasteiger partial charge in [0.15, 0.2) is 11.6 Å². The first-order valence-corrected chi connectivity index (χ1v) is 8.44. The van der Waals surface area contributed by atoms with Crippen molar-refractivity contribution in [3.8, 4) is 5.75 Å². The third kappa shape index (κ3) is 4.93. The van der Waals surface area contributed by atoms with Gasteiger partial charge >= 0.3 is 0 Å². The lowest BCUT2D eigenvalue weighted by Crippen LogP contribution is -2.25. The Kier molecular flexibility index (Phi) is 5.49. The van der Waals surface area contributed by atoms with Crippen LogP contribution in [0.1, 0.15) is 28.0 Å². The van der Waals surface area contributed by atoms with E-state index in [4.69, 9.17) is 13.7 Å². The molecule has 0 saturated carbocycles. The molecule has 1 N–H and O–H groups in total. The van der Waals surface area contributed by atoms with E-state index in [2.05, 4.69) is 31.4 Å². The Morgan fingerprint density at radius 3 is 2.76 bits per heavy atom. The number of carbonyl (C=O) groups is 1. The molecule has 7 nitrogen and oxygen atoms in total. The first kappa shape index (κ1) is 17.2. The summed E-state index contributed by atoms with van der Waals surface area (Å²) >= 11 is 3.37. The number of rotatable bonds is 7. The van der Waals surface area contributed by atoms with Gasteiger partial charge in [-0.25, -0.2) is 0 Å². The molecule has 0 atom stereocenters. The fourth-order valence-electron chi connectivity index (χ4n) is 2.07. The van der Waals surface area contributed by atoms with E-state index in [1.54, 1.807) is 19.1 Å². The van der Waals surface area contributed by atoms with E-state index in [0.717, 1.165) is 10.2 Å². The Labute approximate surface area is 152 Å². The minimum atomic E-state index is -0.300. The lowest BCUT2D eigenvalue weighted by Gasteiger charge is -2.04. The maximum absolute atomic E-state index is 12.0. The van der Waals surface area contributed by atoms with E-state index in [9.17, 15) is 4.79 Å². The molecule has 2 aromatic heterocycles. The molecule has 0 aliphatic heterocycles. The van der Waals surface area contributed by atoms with Crippen LogP contribution in [0.2, 0.25) is 0 Å². The summed E-state index contributed by atoms with van der Waals surface area (Å²) in [4.78, 5) is 16.1. The van der Waals surface area contributed by atoms with Crippen molar-refractivity contribution in [2.75, 3.05) is 6.54 Å². The van der Waals surface area contributed by atoms with Crippen LogP contribution in [0, 0.1) is 6.92 Å². The molecule has 3 aromatic rings. The van der Waals surface area contributed by atoms with E-state index in [1.807, 2.05) is 24.3 Å². The maximum Gasteiger partial charge on any atom is 0.287 e. The molecule has 0 aliphatic rings. The van der Waals surface area contributed by atoms with Crippen LogP contribution in [-0.2, 0) is 13.0 Å². The van der Waals surface area contributed by atoms with Crippen molar-refractivity contribution in [2.45, 2.75) is 20.0 Å². The van der Waals surface area contributed by atoms with Crippen LogP contribution in [0.25, 0.3) is 0 Å². The SMILES string of the molecule is Cc1noc(CCNC(=O)c2ccc(COc3ccc(Br)cc3)o2)n1. The van der Waals surface area contributed by atoms with Gasteiger partial charge in [0.1, 0.15) is 18.1 Å². The summed E-state index contributed by atoms with van der Waals surface area (Å²) < 4.78 is 17.1. The lowest BCUT2D eigenvalue weighted by molar-refractivity contribution is 0.0921. The Hall–Kier alpha value is -2.61. The molecule has 3 rings (SSSR count). The topological polar surface area (TPSA) is 90.4 Å². The van der Waals surface area contributed by atoms with Gasteiger partial charge in [-0.05, 0) is 43.3 Å². The van der Waals surface area contributed by atoms with Gasteiger partial charge in [-0.2, -0.15) is 4.98 Å². The molecule has 2 heterocycles. The number of amides is 1. The fourth-order valence-corrected chi connectivity index (χ4v) is 2.34. The smallest absolute Gasteiger partial charge is 0.287 e. The molecular formula is C17H16BrN3O4. The van der Waals surface area contributed by atoms with Gasteiger partial charge in [-0.15, -0.1) is 0 Å². The predicted octanol–water partition coefficient (Wildman–Crippen LogP) is 3.29. The minimum Gasteiger partial charge on any atom is -0.486 e. The number of furan rings is 1. The van der Waals surface area contributed by atoms with Gasteiger partial charge in [0.05, 0.1) is 0 Å². The van der Waals surface area contributed by atoms with Crippen molar-refractivity contribution < 1.29 is 18.5 Å². The highest BCUT2D eigenvalue weighted by molar-refractivity contribution is 9.10. The second-order valence-electron chi connectivity index (χ2n) is 5.25. The van der Waals surface area contributed by atoms with Crippen molar-refractivity contribution in [3.05, 3.63) is 64.1 Å². The maximum atomic E-state index is 12.0. The lowest BCUT2D eigenvalue weighted by atomic mass is 10.3. The van der Waals surface area contributed by atoms with Crippen LogP contribution in [0.3, 0.4) is 0 Å². The number of benzene rings is 1. The first-order chi connectivity index (χ1) is 12.1. The van der Waals surface area contributed by atoms with E-state index < -0.39 is 0 Å². The summed E-state index contributed by atoms with van der Waals surface area (Å²) in [5, 5.41) is 6.44. The molecule has 25 heavy (non-hydrogen) atoms. The molecule has 0 fully saturated rings. The highest BCUT2D eigenvalue weighted by Crippen LogP contribution is 2.18. The van der Waals surface area contributed by atoms with Crippen LogP contribution in [-0.4, -0.2) is 22.6 Å². The second-order valence-corrected chi connectivity index (χ2v) is 6.17. The summed E-state index contributed by atoms with van der Waals surface area (Å²) in [7, 11) is 0. The molecular weight excluding hydrogens is 390 g/mol. The molecule has 0 aliphatic carbocycles. The minimum absolute atomic E-state index is 0.233. The normalized spacial score (nSPS) is 10.6. The number of halogens is 1. The summed E-state index contributed by atoms with van der Waals surface area (Å²) in [5.41, 5.74) is 0. The average molecular weight is 406 g/mol. The molecule has 0 unspecified atom stereocenters. The predicted molar refractivity (Wildman–Crippen MR) is 92.3 cm³/mol. The van der Waals surface area contributed by atoms with Gasteiger partial charge < -0.3 is 19.0 Å². The van der Waals surface area contributed by atoms with Gasteiger partial charge in [0.25, 0.3) is 5.91 Å². The standard InChI is InChI=1S/C17H16BrN3O4/c1-11-20-16(25-21-11)8-9-19-17(22)15-7-6-14(24-15)10-23-13-4-2-12(18)3-5-13/h2-7H,8-10H2,1H3,(H,19,22). The number of hydrogen-bond donors (Lipinski definition) is 1. The van der Waals surface area contributed by atoms with E-state index in [1.165, 1.54) is 0 Å². The molecule has 0 radical (unpaired) electrons.